The summed E-state index contributed by atoms with van der Waals surface area (Å²) in [6.45, 7) is 5.31. The number of rotatable bonds is 5. The summed E-state index contributed by atoms with van der Waals surface area (Å²) in [6.07, 6.45) is 0. The molecule has 7 nitrogen and oxygen atoms in total. The zero-order valence-electron chi connectivity index (χ0n) is 15.5. The van der Waals surface area contributed by atoms with Crippen LogP contribution in [0.15, 0.2) is 34.4 Å². The van der Waals surface area contributed by atoms with Gasteiger partial charge in [0.25, 0.3) is 5.56 Å². The van der Waals surface area contributed by atoms with Crippen molar-refractivity contribution in [2.24, 2.45) is 0 Å². The fraction of sp³-hybridized carbons (Fsp3) is 0.263. The monoisotopic (exact) mass is 419 g/mol. The number of esters is 1. The minimum Gasteiger partial charge on any atom is -0.461 e. The number of halogens is 1. The van der Waals surface area contributed by atoms with E-state index in [4.69, 9.17) is 16.3 Å². The van der Waals surface area contributed by atoms with Crippen LogP contribution in [-0.4, -0.2) is 33.6 Å². The Kier molecular flexibility index (Phi) is 5.81. The van der Waals surface area contributed by atoms with Gasteiger partial charge in [-0.3, -0.25) is 9.59 Å². The highest BCUT2D eigenvalue weighted by molar-refractivity contribution is 7.16. The molecule has 2 heterocycles. The Morgan fingerprint density at radius 2 is 2.00 bits per heavy atom. The number of anilines is 1. The Bertz CT molecular complexity index is 1100. The molecule has 1 atom stereocenters. The number of carbonyl (C=O) groups is 2. The lowest BCUT2D eigenvalue weighted by molar-refractivity contribution is -0.115. The van der Waals surface area contributed by atoms with Gasteiger partial charge in [0.15, 0.2) is 5.69 Å². The lowest BCUT2D eigenvalue weighted by Gasteiger charge is -2.10. The Morgan fingerprint density at radius 1 is 1.32 bits per heavy atom. The summed E-state index contributed by atoms with van der Waals surface area (Å²) in [5, 5.41) is 8.54. The van der Waals surface area contributed by atoms with E-state index >= 15 is 0 Å². The molecule has 1 N–H and O–H groups in total. The second-order valence-electron chi connectivity index (χ2n) is 6.08. The van der Waals surface area contributed by atoms with E-state index < -0.39 is 22.8 Å². The van der Waals surface area contributed by atoms with Gasteiger partial charge in [-0.15, -0.1) is 22.9 Å². The van der Waals surface area contributed by atoms with Gasteiger partial charge in [-0.1, -0.05) is 17.7 Å². The predicted molar refractivity (Wildman–Crippen MR) is 110 cm³/mol. The average molecular weight is 420 g/mol. The first-order valence-electron chi connectivity index (χ1n) is 8.57. The number of thiophene rings is 1. The molecular formula is C19H18ClN3O4S. The Hall–Kier alpha value is -2.71. The first-order valence-corrected chi connectivity index (χ1v) is 9.88. The molecule has 0 fully saturated rings. The second kappa shape index (κ2) is 8.12. The van der Waals surface area contributed by atoms with Crippen LogP contribution in [0.4, 0.5) is 5.00 Å². The summed E-state index contributed by atoms with van der Waals surface area (Å²) in [6, 6.07) is 7.14. The van der Waals surface area contributed by atoms with Crippen molar-refractivity contribution in [2.45, 2.75) is 26.1 Å². The van der Waals surface area contributed by atoms with Gasteiger partial charge < -0.3 is 10.1 Å². The first-order chi connectivity index (χ1) is 13.3. The van der Waals surface area contributed by atoms with Gasteiger partial charge >= 0.3 is 5.97 Å². The van der Waals surface area contributed by atoms with Crippen molar-refractivity contribution in [3.05, 3.63) is 51.3 Å². The van der Waals surface area contributed by atoms with E-state index in [0.29, 0.717) is 16.1 Å². The molecule has 3 aromatic rings. The van der Waals surface area contributed by atoms with Gasteiger partial charge in [-0.05, 0) is 32.9 Å². The fourth-order valence-corrected chi connectivity index (χ4v) is 3.56. The van der Waals surface area contributed by atoms with E-state index in [-0.39, 0.29) is 17.7 Å². The van der Waals surface area contributed by atoms with Crippen LogP contribution in [0.3, 0.4) is 0 Å². The van der Waals surface area contributed by atoms with Gasteiger partial charge in [0.1, 0.15) is 10.4 Å². The van der Waals surface area contributed by atoms with Crippen LogP contribution in [0.25, 0.3) is 16.5 Å². The van der Waals surface area contributed by atoms with Crippen molar-refractivity contribution in [3.8, 4) is 5.69 Å². The number of hydrogen-bond acceptors (Lipinski definition) is 6. The summed E-state index contributed by atoms with van der Waals surface area (Å²) in [4.78, 5) is 37.6. The van der Waals surface area contributed by atoms with E-state index in [1.54, 1.807) is 24.4 Å². The number of nitrogens with one attached hydrogen (secondary N) is 1. The Labute approximate surface area is 169 Å². The number of hydrogen-bond donors (Lipinski definition) is 1. The Balaban J connectivity index is 2.27. The van der Waals surface area contributed by atoms with Crippen molar-refractivity contribution in [3.63, 3.8) is 0 Å². The molecule has 1 amide bonds. The third-order valence-electron chi connectivity index (χ3n) is 4.00. The van der Waals surface area contributed by atoms with E-state index in [2.05, 4.69) is 10.4 Å². The second-order valence-corrected chi connectivity index (χ2v) is 7.61. The molecule has 0 aliphatic rings. The quantitative estimate of drug-likeness (QED) is 0.505. The topological polar surface area (TPSA) is 90.3 Å². The number of benzene rings is 1. The van der Waals surface area contributed by atoms with E-state index in [1.807, 2.05) is 19.1 Å². The Morgan fingerprint density at radius 3 is 2.61 bits per heavy atom. The zero-order valence-corrected chi connectivity index (χ0v) is 17.1. The normalized spacial score (nSPS) is 12.0. The number of carbonyl (C=O) groups excluding carboxylic acids is 2. The lowest BCUT2D eigenvalue weighted by Crippen LogP contribution is -2.26. The molecule has 0 aliphatic carbocycles. The van der Waals surface area contributed by atoms with Gasteiger partial charge in [0.2, 0.25) is 5.91 Å². The summed E-state index contributed by atoms with van der Waals surface area (Å²) in [5.74, 6) is -1.09. The van der Waals surface area contributed by atoms with Crippen molar-refractivity contribution in [2.75, 3.05) is 11.9 Å². The maximum atomic E-state index is 13.2. The van der Waals surface area contributed by atoms with Crippen LogP contribution in [0.1, 0.15) is 29.9 Å². The van der Waals surface area contributed by atoms with Gasteiger partial charge in [0.05, 0.1) is 17.7 Å². The molecular weight excluding hydrogens is 402 g/mol. The average Bonchev–Trinajstić information content (AvgIpc) is 3.07. The number of aryl methyl sites for hydroxylation is 1. The van der Waals surface area contributed by atoms with Crippen molar-refractivity contribution in [1.29, 1.82) is 0 Å². The fourth-order valence-electron chi connectivity index (χ4n) is 2.56. The van der Waals surface area contributed by atoms with Crippen LogP contribution in [0.2, 0.25) is 0 Å². The molecule has 0 aliphatic heterocycles. The van der Waals surface area contributed by atoms with Crippen LogP contribution in [0, 0.1) is 6.92 Å². The van der Waals surface area contributed by atoms with Gasteiger partial charge in [-0.25, -0.2) is 4.79 Å². The van der Waals surface area contributed by atoms with E-state index in [0.717, 1.165) is 21.6 Å². The molecule has 28 heavy (non-hydrogen) atoms. The number of amides is 1. The molecule has 0 saturated carbocycles. The molecule has 2 aromatic heterocycles. The molecule has 3 rings (SSSR count). The van der Waals surface area contributed by atoms with Crippen LogP contribution in [0.5, 0.6) is 0 Å². The molecule has 0 radical (unpaired) electrons. The predicted octanol–water partition coefficient (Wildman–Crippen LogP) is 3.50. The molecule has 0 saturated heterocycles. The summed E-state index contributed by atoms with van der Waals surface area (Å²) in [5.41, 5.74) is 1.07. The van der Waals surface area contributed by atoms with E-state index in [1.165, 1.54) is 6.92 Å². The minimum atomic E-state index is -0.775. The number of aromatic nitrogens is 2. The smallest absolute Gasteiger partial charge is 0.359 e. The molecule has 146 valence electrons. The minimum absolute atomic E-state index is 0.00713. The maximum absolute atomic E-state index is 13.2. The SMILES string of the molecule is CCOC(=O)c1nn(-c2ccc(C)cc2)c(=O)c2c(NC(=O)[C@@H](C)Cl)scc12. The molecule has 0 spiro atoms. The van der Waals surface area contributed by atoms with Crippen molar-refractivity contribution in [1.82, 2.24) is 9.78 Å². The first kappa shape index (κ1) is 20.0. The number of nitrogens with zero attached hydrogens (tertiary/aromatic N) is 2. The highest BCUT2D eigenvalue weighted by Gasteiger charge is 2.23. The highest BCUT2D eigenvalue weighted by atomic mass is 35.5. The maximum Gasteiger partial charge on any atom is 0.359 e. The number of alkyl halides is 1. The molecule has 9 heteroatoms. The van der Waals surface area contributed by atoms with Crippen LogP contribution in [-0.2, 0) is 9.53 Å². The van der Waals surface area contributed by atoms with Gasteiger partial charge in [0, 0.05) is 10.8 Å². The summed E-state index contributed by atoms with van der Waals surface area (Å²) < 4.78 is 6.23. The number of ether oxygens (including phenoxy) is 1. The van der Waals surface area contributed by atoms with Crippen molar-refractivity contribution >= 4 is 50.6 Å². The summed E-state index contributed by atoms with van der Waals surface area (Å²) >= 11 is 6.95. The largest absolute Gasteiger partial charge is 0.461 e. The molecule has 0 unspecified atom stereocenters. The van der Waals surface area contributed by atoms with Crippen LogP contribution < -0.4 is 10.9 Å². The summed E-state index contributed by atoms with van der Waals surface area (Å²) in [7, 11) is 0. The highest BCUT2D eigenvalue weighted by Crippen LogP contribution is 2.31. The van der Waals surface area contributed by atoms with Gasteiger partial charge in [-0.2, -0.15) is 9.78 Å². The number of fused-ring (bicyclic) bond motifs is 1. The lowest BCUT2D eigenvalue weighted by atomic mass is 10.2. The van der Waals surface area contributed by atoms with Crippen molar-refractivity contribution < 1.29 is 14.3 Å². The van der Waals surface area contributed by atoms with Crippen LogP contribution >= 0.6 is 22.9 Å². The standard InChI is InChI=1S/C19H18ClN3O4S/c1-4-27-19(26)15-13-9-28-17(21-16(24)11(3)20)14(13)18(25)23(22-15)12-7-5-10(2)6-8-12/h5-9,11H,4H2,1-3H3,(H,21,24)/t11-/m1/s1. The van der Waals surface area contributed by atoms with E-state index in [9.17, 15) is 14.4 Å². The molecule has 0 bridgehead atoms. The third-order valence-corrected chi connectivity index (χ3v) is 5.09. The zero-order chi connectivity index (χ0) is 20.4. The third kappa shape index (κ3) is 3.79. The molecule has 1 aromatic carbocycles.